The lowest BCUT2D eigenvalue weighted by Gasteiger charge is -1.86. The lowest BCUT2D eigenvalue weighted by atomic mass is 10.3. The standard InChI is InChI=1S/C12H10N5/c1-15-11-12(14-7-6-13-11)17-10-5-3-2-4-9(10)8-16(15)17/h2-8H,1H3/q+1. The Kier molecular flexibility index (Phi) is 1.44. The second-order valence-electron chi connectivity index (χ2n) is 4.05. The van der Waals surface area contributed by atoms with Crippen molar-refractivity contribution in [2.24, 2.45) is 7.05 Å². The van der Waals surface area contributed by atoms with Gasteiger partial charge in [-0.2, -0.15) is 0 Å². The summed E-state index contributed by atoms with van der Waals surface area (Å²) in [4.78, 5) is 8.77. The highest BCUT2D eigenvalue weighted by Crippen LogP contribution is 2.15. The normalized spacial score (nSPS) is 11.8. The maximum absolute atomic E-state index is 4.41. The molecule has 0 N–H and O–H groups in total. The molecule has 0 bridgehead atoms. The number of aromatic nitrogens is 5. The Labute approximate surface area is 96.5 Å². The second kappa shape index (κ2) is 2.82. The van der Waals surface area contributed by atoms with Crippen molar-refractivity contribution in [1.29, 1.82) is 0 Å². The van der Waals surface area contributed by atoms with Crippen molar-refractivity contribution in [2.75, 3.05) is 0 Å². The molecule has 4 rings (SSSR count). The van der Waals surface area contributed by atoms with E-state index in [9.17, 15) is 0 Å². The van der Waals surface area contributed by atoms with Gasteiger partial charge in [0.05, 0.1) is 12.4 Å². The van der Waals surface area contributed by atoms with Gasteiger partial charge in [0, 0.05) is 17.0 Å². The van der Waals surface area contributed by atoms with Crippen molar-refractivity contribution in [3.63, 3.8) is 0 Å². The maximum Gasteiger partial charge on any atom is 0.245 e. The third-order valence-corrected chi connectivity index (χ3v) is 3.10. The van der Waals surface area contributed by atoms with Gasteiger partial charge < -0.3 is 0 Å². The van der Waals surface area contributed by atoms with Crippen LogP contribution in [-0.4, -0.2) is 19.2 Å². The van der Waals surface area contributed by atoms with Crippen LogP contribution in [0.3, 0.4) is 0 Å². The van der Waals surface area contributed by atoms with Crippen molar-refractivity contribution in [1.82, 2.24) is 19.2 Å². The van der Waals surface area contributed by atoms with Crippen LogP contribution in [0.15, 0.2) is 42.9 Å². The molecule has 0 atom stereocenters. The van der Waals surface area contributed by atoms with E-state index in [1.165, 1.54) is 5.39 Å². The van der Waals surface area contributed by atoms with Crippen LogP contribution in [0.2, 0.25) is 0 Å². The first-order valence-electron chi connectivity index (χ1n) is 5.44. The fourth-order valence-electron chi connectivity index (χ4n) is 2.31. The minimum Gasteiger partial charge on any atom is -0.229 e. The molecular formula is C12H10N5+. The molecule has 4 aromatic rings. The molecule has 0 aliphatic rings. The zero-order valence-electron chi connectivity index (χ0n) is 9.28. The van der Waals surface area contributed by atoms with Crippen molar-refractivity contribution in [2.45, 2.75) is 0 Å². The summed E-state index contributed by atoms with van der Waals surface area (Å²) in [7, 11) is 1.98. The number of fused-ring (bicyclic) bond motifs is 5. The van der Waals surface area contributed by atoms with E-state index in [2.05, 4.69) is 32.8 Å². The largest absolute Gasteiger partial charge is 0.245 e. The van der Waals surface area contributed by atoms with E-state index < -0.39 is 0 Å². The summed E-state index contributed by atoms with van der Waals surface area (Å²) in [5.74, 6) is 0. The summed E-state index contributed by atoms with van der Waals surface area (Å²) in [5.41, 5.74) is 2.88. The summed E-state index contributed by atoms with van der Waals surface area (Å²) < 4.78 is 6.08. The first-order chi connectivity index (χ1) is 8.36. The summed E-state index contributed by atoms with van der Waals surface area (Å²) in [6, 6.07) is 8.25. The van der Waals surface area contributed by atoms with E-state index in [-0.39, 0.29) is 0 Å². The lowest BCUT2D eigenvalue weighted by Crippen LogP contribution is -2.33. The molecule has 0 radical (unpaired) electrons. The van der Waals surface area contributed by atoms with E-state index in [1.807, 2.05) is 28.5 Å². The monoisotopic (exact) mass is 224 g/mol. The Morgan fingerprint density at radius 2 is 1.82 bits per heavy atom. The molecule has 0 fully saturated rings. The van der Waals surface area contributed by atoms with Gasteiger partial charge >= 0.3 is 0 Å². The molecule has 1 aromatic carbocycles. The van der Waals surface area contributed by atoms with Crippen LogP contribution in [0.4, 0.5) is 0 Å². The number of aryl methyl sites for hydroxylation is 1. The fourth-order valence-corrected chi connectivity index (χ4v) is 2.31. The number of rotatable bonds is 0. The summed E-state index contributed by atoms with van der Waals surface area (Å²) in [5, 5.41) is 1.19. The minimum atomic E-state index is 0.871. The Balaban J connectivity index is 2.41. The molecule has 3 aromatic heterocycles. The van der Waals surface area contributed by atoms with E-state index in [4.69, 9.17) is 0 Å². The summed E-state index contributed by atoms with van der Waals surface area (Å²) in [6.45, 7) is 0. The van der Waals surface area contributed by atoms with Gasteiger partial charge in [-0.3, -0.25) is 0 Å². The molecular weight excluding hydrogens is 214 g/mol. The molecule has 82 valence electrons. The first-order valence-corrected chi connectivity index (χ1v) is 5.44. The molecule has 0 unspecified atom stereocenters. The van der Waals surface area contributed by atoms with Gasteiger partial charge in [-0.05, 0) is 12.1 Å². The molecule has 0 aliphatic carbocycles. The SMILES string of the molecule is Cn1c2nccnc2n2c3ccccc3c[n+]12. The van der Waals surface area contributed by atoms with E-state index in [1.54, 1.807) is 12.4 Å². The second-order valence-corrected chi connectivity index (χ2v) is 4.05. The predicted octanol–water partition coefficient (Wildman–Crippen LogP) is 0.960. The molecule has 5 heteroatoms. The van der Waals surface area contributed by atoms with Crippen LogP contribution in [0.5, 0.6) is 0 Å². The van der Waals surface area contributed by atoms with Crippen LogP contribution in [0, 0.1) is 0 Å². The lowest BCUT2D eigenvalue weighted by molar-refractivity contribution is -0.692. The molecule has 0 aliphatic heterocycles. The minimum absolute atomic E-state index is 0.871. The molecule has 0 saturated carbocycles. The number of para-hydroxylation sites is 1. The van der Waals surface area contributed by atoms with Gasteiger partial charge in [0.25, 0.3) is 0 Å². The quantitative estimate of drug-likeness (QED) is 0.417. The number of hydrogen-bond acceptors (Lipinski definition) is 2. The fraction of sp³-hybridized carbons (Fsp3) is 0.0833. The van der Waals surface area contributed by atoms with Gasteiger partial charge in [-0.25, -0.2) is 9.97 Å². The molecule has 0 saturated heterocycles. The molecule has 3 heterocycles. The Morgan fingerprint density at radius 3 is 2.71 bits per heavy atom. The van der Waals surface area contributed by atoms with Crippen LogP contribution < -0.4 is 4.63 Å². The number of nitrogens with zero attached hydrogens (tertiary/aromatic N) is 5. The molecule has 17 heavy (non-hydrogen) atoms. The van der Waals surface area contributed by atoms with Gasteiger partial charge in [-0.1, -0.05) is 16.6 Å². The van der Waals surface area contributed by atoms with Gasteiger partial charge in [0.2, 0.25) is 17.5 Å². The van der Waals surface area contributed by atoms with E-state index in [0.29, 0.717) is 0 Å². The number of hydrogen-bond donors (Lipinski definition) is 0. The summed E-state index contributed by atoms with van der Waals surface area (Å²) in [6.07, 6.45) is 5.51. The third kappa shape index (κ3) is 0.957. The highest BCUT2D eigenvalue weighted by Gasteiger charge is 2.20. The summed E-state index contributed by atoms with van der Waals surface area (Å²) >= 11 is 0. The predicted molar refractivity (Wildman–Crippen MR) is 62.6 cm³/mol. The maximum atomic E-state index is 4.41. The topological polar surface area (TPSA) is 39.2 Å². The van der Waals surface area contributed by atoms with Crippen molar-refractivity contribution in [3.05, 3.63) is 42.9 Å². The Bertz CT molecular complexity index is 855. The molecule has 0 spiro atoms. The third-order valence-electron chi connectivity index (χ3n) is 3.10. The zero-order chi connectivity index (χ0) is 11.4. The van der Waals surface area contributed by atoms with Gasteiger partial charge in [-0.15, -0.1) is 4.68 Å². The molecule has 5 nitrogen and oxygen atoms in total. The van der Waals surface area contributed by atoms with Crippen molar-refractivity contribution < 1.29 is 4.63 Å². The van der Waals surface area contributed by atoms with Crippen LogP contribution in [0.25, 0.3) is 22.2 Å². The van der Waals surface area contributed by atoms with Crippen LogP contribution in [0.1, 0.15) is 0 Å². The van der Waals surface area contributed by atoms with Crippen molar-refractivity contribution >= 4 is 22.2 Å². The molecule has 0 amide bonds. The highest BCUT2D eigenvalue weighted by molar-refractivity contribution is 5.80. The van der Waals surface area contributed by atoms with Crippen LogP contribution in [-0.2, 0) is 7.05 Å². The van der Waals surface area contributed by atoms with Crippen molar-refractivity contribution in [3.8, 4) is 0 Å². The Morgan fingerprint density at radius 1 is 1.06 bits per heavy atom. The van der Waals surface area contributed by atoms with E-state index in [0.717, 1.165) is 16.8 Å². The smallest absolute Gasteiger partial charge is 0.229 e. The van der Waals surface area contributed by atoms with Gasteiger partial charge in [0.1, 0.15) is 5.52 Å². The van der Waals surface area contributed by atoms with Gasteiger partial charge in [0.15, 0.2) is 0 Å². The average Bonchev–Trinajstić information content (AvgIpc) is 2.88. The number of benzene rings is 1. The highest BCUT2D eigenvalue weighted by atomic mass is 15.6. The van der Waals surface area contributed by atoms with E-state index >= 15 is 0 Å². The average molecular weight is 224 g/mol. The van der Waals surface area contributed by atoms with Crippen LogP contribution >= 0.6 is 0 Å². The zero-order valence-corrected chi connectivity index (χ0v) is 9.28. The Hall–Kier alpha value is -2.43. The first kappa shape index (κ1) is 8.69.